The third-order valence-electron chi connectivity index (χ3n) is 3.95. The molecule has 2 aromatic rings. The maximum absolute atomic E-state index is 9.28. The van der Waals surface area contributed by atoms with Gasteiger partial charge in [0.1, 0.15) is 0 Å². The zero-order valence-corrected chi connectivity index (χ0v) is 14.6. The van der Waals surface area contributed by atoms with Crippen LogP contribution in [0.1, 0.15) is 22.9 Å². The van der Waals surface area contributed by atoms with Gasteiger partial charge in [-0.05, 0) is 19.1 Å². The molecule has 1 heterocycles. The van der Waals surface area contributed by atoms with Crippen molar-refractivity contribution in [2.75, 3.05) is 34.5 Å². The van der Waals surface area contributed by atoms with Crippen molar-refractivity contribution in [3.05, 3.63) is 35.2 Å². The second-order valence-corrected chi connectivity index (χ2v) is 5.37. The van der Waals surface area contributed by atoms with Crippen LogP contribution in [0.4, 0.5) is 0 Å². The zero-order valence-electron chi connectivity index (χ0n) is 14.6. The van der Waals surface area contributed by atoms with Crippen LogP contribution in [0.5, 0.6) is 17.2 Å². The summed E-state index contributed by atoms with van der Waals surface area (Å²) in [4.78, 5) is 0. The predicted octanol–water partition coefficient (Wildman–Crippen LogP) is 1.30. The summed E-state index contributed by atoms with van der Waals surface area (Å²) in [6, 6.07) is 5.73. The fourth-order valence-electron chi connectivity index (χ4n) is 2.93. The van der Waals surface area contributed by atoms with Crippen LogP contribution in [0.15, 0.2) is 18.2 Å². The van der Waals surface area contributed by atoms with Crippen LogP contribution in [-0.2, 0) is 6.54 Å². The molecule has 0 saturated heterocycles. The van der Waals surface area contributed by atoms with Crippen LogP contribution in [0.3, 0.4) is 0 Å². The van der Waals surface area contributed by atoms with Crippen molar-refractivity contribution in [1.29, 1.82) is 0 Å². The summed E-state index contributed by atoms with van der Waals surface area (Å²) >= 11 is 0. The number of hydrogen-bond donors (Lipinski definition) is 2. The molecule has 24 heavy (non-hydrogen) atoms. The first-order valence-electron chi connectivity index (χ1n) is 7.75. The van der Waals surface area contributed by atoms with Gasteiger partial charge in [-0.15, -0.1) is 0 Å². The number of nitrogens with two attached hydrogens (primary N) is 1. The molecule has 1 aromatic carbocycles. The molecular weight excluding hydrogens is 310 g/mol. The number of nitrogens with zero attached hydrogens (tertiary/aromatic N) is 2. The molecule has 1 aromatic heterocycles. The summed E-state index contributed by atoms with van der Waals surface area (Å²) in [6.45, 7) is 2.70. The highest BCUT2D eigenvalue weighted by Crippen LogP contribution is 2.43. The van der Waals surface area contributed by atoms with E-state index in [0.29, 0.717) is 30.3 Å². The molecule has 7 nitrogen and oxygen atoms in total. The smallest absolute Gasteiger partial charge is 0.203 e. The normalized spacial score (nSPS) is 12.1. The Hall–Kier alpha value is -2.25. The monoisotopic (exact) mass is 335 g/mol. The second-order valence-electron chi connectivity index (χ2n) is 5.37. The van der Waals surface area contributed by atoms with E-state index in [1.54, 1.807) is 26.0 Å². The highest BCUT2D eigenvalue weighted by Gasteiger charge is 2.25. The van der Waals surface area contributed by atoms with Crippen molar-refractivity contribution in [1.82, 2.24) is 9.78 Å². The molecule has 0 radical (unpaired) electrons. The molecule has 2 rings (SSSR count). The third kappa shape index (κ3) is 3.32. The van der Waals surface area contributed by atoms with Gasteiger partial charge in [-0.25, -0.2) is 0 Å². The molecule has 0 aliphatic heterocycles. The van der Waals surface area contributed by atoms with Crippen molar-refractivity contribution in [3.63, 3.8) is 0 Å². The van der Waals surface area contributed by atoms with E-state index < -0.39 is 0 Å². The Kier molecular flexibility index (Phi) is 6.05. The first-order chi connectivity index (χ1) is 11.6. The van der Waals surface area contributed by atoms with Crippen LogP contribution in [0, 0.1) is 6.92 Å². The van der Waals surface area contributed by atoms with Gasteiger partial charge in [-0.1, -0.05) is 6.07 Å². The van der Waals surface area contributed by atoms with E-state index in [4.69, 9.17) is 19.9 Å². The lowest BCUT2D eigenvalue weighted by Gasteiger charge is -2.22. The number of aliphatic hydroxyl groups excluding tert-OH is 1. The van der Waals surface area contributed by atoms with E-state index in [1.807, 2.05) is 25.1 Å². The summed E-state index contributed by atoms with van der Waals surface area (Å²) in [7, 11) is 4.74. The number of aryl methyl sites for hydroxylation is 1. The van der Waals surface area contributed by atoms with Crippen molar-refractivity contribution in [3.8, 4) is 17.2 Å². The number of ether oxygens (including phenoxy) is 3. The minimum atomic E-state index is -0.146. The Bertz CT molecular complexity index is 685. The van der Waals surface area contributed by atoms with Crippen LogP contribution in [0.25, 0.3) is 0 Å². The predicted molar refractivity (Wildman–Crippen MR) is 91.0 cm³/mol. The van der Waals surface area contributed by atoms with Crippen LogP contribution >= 0.6 is 0 Å². The van der Waals surface area contributed by atoms with E-state index in [0.717, 1.165) is 17.0 Å². The number of aromatic nitrogens is 2. The number of methoxy groups -OCH3 is 3. The molecule has 0 amide bonds. The SMILES string of the molecule is COc1ccc(C(CN)c2cc(C)nn2CCO)c(OC)c1OC. The van der Waals surface area contributed by atoms with Crippen molar-refractivity contribution in [2.45, 2.75) is 19.4 Å². The highest BCUT2D eigenvalue weighted by atomic mass is 16.5. The van der Waals surface area contributed by atoms with Gasteiger partial charge < -0.3 is 25.1 Å². The van der Waals surface area contributed by atoms with Gasteiger partial charge in [0.15, 0.2) is 11.5 Å². The molecule has 1 atom stereocenters. The van der Waals surface area contributed by atoms with Gasteiger partial charge in [0.05, 0.1) is 40.2 Å². The average Bonchev–Trinajstić information content (AvgIpc) is 2.95. The lowest BCUT2D eigenvalue weighted by Crippen LogP contribution is -2.20. The second kappa shape index (κ2) is 8.03. The molecule has 7 heteroatoms. The molecule has 1 unspecified atom stereocenters. The van der Waals surface area contributed by atoms with Gasteiger partial charge in [-0.3, -0.25) is 4.68 Å². The summed E-state index contributed by atoms with van der Waals surface area (Å²) < 4.78 is 18.2. The molecule has 132 valence electrons. The minimum absolute atomic E-state index is 0.00841. The van der Waals surface area contributed by atoms with E-state index in [9.17, 15) is 5.11 Å². The van der Waals surface area contributed by atoms with Gasteiger partial charge in [-0.2, -0.15) is 5.10 Å². The lowest BCUT2D eigenvalue weighted by molar-refractivity contribution is 0.266. The molecule has 0 saturated carbocycles. The van der Waals surface area contributed by atoms with E-state index >= 15 is 0 Å². The molecule has 0 spiro atoms. The third-order valence-corrected chi connectivity index (χ3v) is 3.95. The molecule has 0 bridgehead atoms. The largest absolute Gasteiger partial charge is 0.493 e. The van der Waals surface area contributed by atoms with E-state index in [1.165, 1.54) is 0 Å². The van der Waals surface area contributed by atoms with E-state index in [-0.39, 0.29) is 12.5 Å². The maximum Gasteiger partial charge on any atom is 0.203 e. The van der Waals surface area contributed by atoms with E-state index in [2.05, 4.69) is 5.10 Å². The topological polar surface area (TPSA) is 91.8 Å². The number of aliphatic hydroxyl groups is 1. The standard InChI is InChI=1S/C17H25N3O4/c1-11-9-14(20(19-11)7-8-21)13(10-18)12-5-6-15(22-2)17(24-4)16(12)23-3/h5-6,9,13,21H,7-8,10,18H2,1-4H3. The van der Waals surface area contributed by atoms with Gasteiger partial charge in [0, 0.05) is 23.7 Å². The fourth-order valence-corrected chi connectivity index (χ4v) is 2.93. The van der Waals surface area contributed by atoms with Gasteiger partial charge >= 0.3 is 0 Å². The van der Waals surface area contributed by atoms with Crippen molar-refractivity contribution >= 4 is 0 Å². The van der Waals surface area contributed by atoms with Crippen LogP contribution in [0.2, 0.25) is 0 Å². The molecular formula is C17H25N3O4. The Morgan fingerprint density at radius 2 is 1.88 bits per heavy atom. The summed E-state index contributed by atoms with van der Waals surface area (Å²) in [5.41, 5.74) is 8.75. The summed E-state index contributed by atoms with van der Waals surface area (Å²) in [5.74, 6) is 1.56. The Balaban J connectivity index is 2.59. The number of hydrogen-bond acceptors (Lipinski definition) is 6. The van der Waals surface area contributed by atoms with Crippen LogP contribution < -0.4 is 19.9 Å². The Labute approximate surface area is 141 Å². The minimum Gasteiger partial charge on any atom is -0.493 e. The Morgan fingerprint density at radius 3 is 2.42 bits per heavy atom. The van der Waals surface area contributed by atoms with Gasteiger partial charge in [0.2, 0.25) is 5.75 Å². The molecule has 0 aliphatic rings. The van der Waals surface area contributed by atoms with Crippen molar-refractivity contribution < 1.29 is 19.3 Å². The summed E-state index contributed by atoms with van der Waals surface area (Å²) in [6.07, 6.45) is 0. The maximum atomic E-state index is 9.28. The van der Waals surface area contributed by atoms with Gasteiger partial charge in [0.25, 0.3) is 0 Å². The fraction of sp³-hybridized carbons (Fsp3) is 0.471. The first kappa shape index (κ1) is 18.1. The zero-order chi connectivity index (χ0) is 17.7. The molecule has 0 fully saturated rings. The first-order valence-corrected chi connectivity index (χ1v) is 7.75. The number of benzene rings is 1. The summed E-state index contributed by atoms with van der Waals surface area (Å²) in [5, 5.41) is 13.7. The van der Waals surface area contributed by atoms with Crippen molar-refractivity contribution in [2.24, 2.45) is 5.73 Å². The quantitative estimate of drug-likeness (QED) is 0.755. The number of rotatable bonds is 8. The molecule has 0 aliphatic carbocycles. The lowest BCUT2D eigenvalue weighted by atomic mass is 9.93. The molecule has 3 N–H and O–H groups in total. The van der Waals surface area contributed by atoms with Crippen LogP contribution in [-0.4, -0.2) is 49.4 Å². The highest BCUT2D eigenvalue weighted by molar-refractivity contribution is 5.58. The average molecular weight is 335 g/mol. The Morgan fingerprint density at radius 1 is 1.17 bits per heavy atom.